The number of carbonyl (C=O) groups excluding carboxylic acids is 2. The van der Waals surface area contributed by atoms with E-state index in [0.29, 0.717) is 12.4 Å². The fraction of sp³-hybridized carbons (Fsp3) is 0.156. The maximum Gasteiger partial charge on any atom is 0.254 e. The zero-order valence-corrected chi connectivity index (χ0v) is 23.8. The first-order valence-electron chi connectivity index (χ1n) is 12.8. The van der Waals surface area contributed by atoms with E-state index in [1.165, 1.54) is 0 Å². The van der Waals surface area contributed by atoms with E-state index in [1.54, 1.807) is 6.21 Å². The maximum atomic E-state index is 13.7. The summed E-state index contributed by atoms with van der Waals surface area (Å²) in [4.78, 5) is 27.5. The number of imide groups is 1. The molecule has 0 aromatic heterocycles. The van der Waals surface area contributed by atoms with Gasteiger partial charge in [-0.05, 0) is 77.4 Å². The Hall–Kier alpha value is -3.55. The van der Waals surface area contributed by atoms with Crippen LogP contribution in [0.2, 0.25) is 0 Å². The summed E-state index contributed by atoms with van der Waals surface area (Å²) < 4.78 is 7.50. The van der Waals surface area contributed by atoms with Crippen LogP contribution >= 0.6 is 31.9 Å². The molecule has 1 fully saturated rings. The van der Waals surface area contributed by atoms with Gasteiger partial charge in [-0.3, -0.25) is 9.59 Å². The molecule has 1 aliphatic heterocycles. The Morgan fingerprint density at radius 2 is 1.18 bits per heavy atom. The summed E-state index contributed by atoms with van der Waals surface area (Å²) in [6.45, 7) is 0.429. The lowest BCUT2D eigenvalue weighted by atomic mass is 9.55. The highest BCUT2D eigenvalue weighted by atomic mass is 79.9. The van der Waals surface area contributed by atoms with Gasteiger partial charge in [0.1, 0.15) is 12.4 Å². The molecule has 4 aliphatic rings. The van der Waals surface area contributed by atoms with Crippen LogP contribution in [-0.4, -0.2) is 23.0 Å². The Morgan fingerprint density at radius 3 is 1.67 bits per heavy atom. The first kappa shape index (κ1) is 24.5. The van der Waals surface area contributed by atoms with Crippen molar-refractivity contribution in [1.29, 1.82) is 0 Å². The molecule has 0 radical (unpaired) electrons. The molecule has 1 saturated heterocycles. The van der Waals surface area contributed by atoms with Crippen molar-refractivity contribution in [3.63, 3.8) is 0 Å². The van der Waals surface area contributed by atoms with Crippen molar-refractivity contribution in [3.05, 3.63) is 133 Å². The normalized spacial score (nSPS) is 22.7. The minimum absolute atomic E-state index is 0.145. The number of hydrogen-bond donors (Lipinski definition) is 0. The van der Waals surface area contributed by atoms with Crippen molar-refractivity contribution in [3.8, 4) is 5.75 Å². The van der Waals surface area contributed by atoms with Crippen LogP contribution in [0, 0.1) is 11.8 Å². The van der Waals surface area contributed by atoms with E-state index in [0.717, 1.165) is 47.3 Å². The highest BCUT2D eigenvalue weighted by molar-refractivity contribution is 9.11. The highest BCUT2D eigenvalue weighted by Crippen LogP contribution is 2.61. The second kappa shape index (κ2) is 9.57. The smallest absolute Gasteiger partial charge is 0.254 e. The molecule has 192 valence electrons. The zero-order chi connectivity index (χ0) is 26.7. The third kappa shape index (κ3) is 3.90. The van der Waals surface area contributed by atoms with Crippen molar-refractivity contribution < 1.29 is 14.3 Å². The Balaban J connectivity index is 1.17. The van der Waals surface area contributed by atoms with Crippen LogP contribution in [0.3, 0.4) is 0 Å². The van der Waals surface area contributed by atoms with E-state index in [1.807, 2.05) is 66.7 Å². The van der Waals surface area contributed by atoms with Gasteiger partial charge in [0.05, 0.1) is 27.0 Å². The number of halogens is 2. The quantitative estimate of drug-likeness (QED) is 0.174. The molecule has 7 heteroatoms. The largest absolute Gasteiger partial charge is 0.487 e. The van der Waals surface area contributed by atoms with Crippen molar-refractivity contribution in [2.75, 3.05) is 0 Å². The molecule has 8 rings (SSSR count). The fourth-order valence-electron chi connectivity index (χ4n) is 6.42. The molecule has 5 nitrogen and oxygen atoms in total. The first-order valence-corrected chi connectivity index (χ1v) is 14.4. The summed E-state index contributed by atoms with van der Waals surface area (Å²) in [6.07, 6.45) is 1.56. The molecule has 2 atom stereocenters. The number of amides is 2. The SMILES string of the molecule is O=C1[C@H]2C3c4ccccc4C(c4ccccc43)[C@@H]2C(=O)N1/N=C\c1cc(Br)c(OCc2ccccc2)c(Br)c1. The topological polar surface area (TPSA) is 59.0 Å². The van der Waals surface area contributed by atoms with Crippen LogP contribution in [0.15, 0.2) is 105 Å². The van der Waals surface area contributed by atoms with Gasteiger partial charge < -0.3 is 4.74 Å². The lowest BCUT2D eigenvalue weighted by Crippen LogP contribution is -2.41. The predicted molar refractivity (Wildman–Crippen MR) is 156 cm³/mol. The summed E-state index contributed by atoms with van der Waals surface area (Å²) in [5.41, 5.74) is 6.38. The molecule has 4 aromatic rings. The van der Waals surface area contributed by atoms with Crippen LogP contribution in [0.5, 0.6) is 5.75 Å². The molecule has 0 saturated carbocycles. The summed E-state index contributed by atoms with van der Waals surface area (Å²) in [6, 6.07) is 30.1. The molecule has 1 heterocycles. The second-order valence-electron chi connectivity index (χ2n) is 10.1. The van der Waals surface area contributed by atoms with E-state index in [9.17, 15) is 9.59 Å². The lowest BCUT2D eigenvalue weighted by Gasteiger charge is -2.45. The average molecular weight is 642 g/mol. The number of benzene rings is 4. The number of carbonyl (C=O) groups is 2. The van der Waals surface area contributed by atoms with Crippen molar-refractivity contribution in [1.82, 2.24) is 5.01 Å². The van der Waals surface area contributed by atoms with E-state index in [4.69, 9.17) is 4.74 Å². The molecule has 2 amide bonds. The van der Waals surface area contributed by atoms with Gasteiger partial charge in [0.15, 0.2) is 0 Å². The standard InChI is InChI=1S/C32H22Br2N2O3/c33-24-14-19(15-25(34)30(24)39-17-18-8-2-1-3-9-18)16-35-36-31(37)28-26-20-10-4-5-11-21(20)27(29(28)32(36)38)23-13-7-6-12-22(23)26/h1-16,26-29H,17H2/b35-16-/t26?,27?,28-,29-/m0/s1. The summed E-state index contributed by atoms with van der Waals surface area (Å²) >= 11 is 7.18. The molecular formula is C32H22Br2N2O3. The van der Waals surface area contributed by atoms with Crippen molar-refractivity contribution in [2.45, 2.75) is 18.4 Å². The van der Waals surface area contributed by atoms with Gasteiger partial charge in [-0.2, -0.15) is 10.1 Å². The number of ether oxygens (including phenoxy) is 1. The van der Waals surface area contributed by atoms with Crippen LogP contribution in [0.25, 0.3) is 0 Å². The van der Waals surface area contributed by atoms with Crippen LogP contribution in [-0.2, 0) is 16.2 Å². The molecule has 0 N–H and O–H groups in total. The van der Waals surface area contributed by atoms with Crippen LogP contribution in [0.4, 0.5) is 0 Å². The van der Waals surface area contributed by atoms with Gasteiger partial charge in [-0.25, -0.2) is 0 Å². The molecule has 0 spiro atoms. The van der Waals surface area contributed by atoms with Gasteiger partial charge in [-0.1, -0.05) is 78.9 Å². The number of hydrogen-bond acceptors (Lipinski definition) is 4. The van der Waals surface area contributed by atoms with Gasteiger partial charge in [0, 0.05) is 11.8 Å². The van der Waals surface area contributed by atoms with E-state index >= 15 is 0 Å². The molecular weight excluding hydrogens is 620 g/mol. The molecule has 3 aliphatic carbocycles. The summed E-state index contributed by atoms with van der Waals surface area (Å²) in [5.74, 6) is -0.986. The monoisotopic (exact) mass is 640 g/mol. The minimum Gasteiger partial charge on any atom is -0.487 e. The van der Waals surface area contributed by atoms with Gasteiger partial charge >= 0.3 is 0 Å². The van der Waals surface area contributed by atoms with E-state index < -0.39 is 11.8 Å². The Morgan fingerprint density at radius 1 is 0.718 bits per heavy atom. The first-order chi connectivity index (χ1) is 19.0. The third-order valence-corrected chi connectivity index (χ3v) is 9.17. The lowest BCUT2D eigenvalue weighted by molar-refractivity contribution is -0.139. The molecule has 2 bridgehead atoms. The Bertz CT molecular complexity index is 1530. The van der Waals surface area contributed by atoms with Crippen molar-refractivity contribution in [2.24, 2.45) is 16.9 Å². The predicted octanol–water partition coefficient (Wildman–Crippen LogP) is 7.02. The Kier molecular flexibility index (Phi) is 6.01. The zero-order valence-electron chi connectivity index (χ0n) is 20.6. The Labute approximate surface area is 242 Å². The van der Waals surface area contributed by atoms with Gasteiger partial charge in [0.25, 0.3) is 11.8 Å². The third-order valence-electron chi connectivity index (χ3n) is 7.99. The fourth-order valence-corrected chi connectivity index (χ4v) is 7.87. The van der Waals surface area contributed by atoms with Crippen LogP contribution in [0.1, 0.15) is 45.2 Å². The van der Waals surface area contributed by atoms with Crippen LogP contribution < -0.4 is 4.74 Å². The van der Waals surface area contributed by atoms with E-state index in [-0.39, 0.29) is 23.7 Å². The van der Waals surface area contributed by atoms with Gasteiger partial charge in [-0.15, -0.1) is 0 Å². The minimum atomic E-state index is -0.448. The second-order valence-corrected chi connectivity index (χ2v) is 11.8. The van der Waals surface area contributed by atoms with Crippen molar-refractivity contribution >= 4 is 49.9 Å². The van der Waals surface area contributed by atoms with E-state index in [2.05, 4.69) is 61.2 Å². The summed E-state index contributed by atoms with van der Waals surface area (Å²) in [7, 11) is 0. The van der Waals surface area contributed by atoms with Gasteiger partial charge in [0.2, 0.25) is 0 Å². The molecule has 39 heavy (non-hydrogen) atoms. The highest BCUT2D eigenvalue weighted by Gasteiger charge is 2.61. The molecule has 4 aromatic carbocycles. The number of hydrazone groups is 1. The number of nitrogens with zero attached hydrogens (tertiary/aromatic N) is 2. The maximum absolute atomic E-state index is 13.7. The number of rotatable bonds is 5. The molecule has 0 unspecified atom stereocenters. The summed E-state index contributed by atoms with van der Waals surface area (Å²) in [5, 5.41) is 5.53. The average Bonchev–Trinajstić information content (AvgIpc) is 3.21.